The molecule has 0 saturated carbocycles. The maximum Gasteiger partial charge on any atom is 0.227 e. The van der Waals surface area contributed by atoms with E-state index in [1.54, 1.807) is 7.05 Å². The predicted octanol–water partition coefficient (Wildman–Crippen LogP) is 2.39. The van der Waals surface area contributed by atoms with Crippen LogP contribution in [0, 0.1) is 17.3 Å². The summed E-state index contributed by atoms with van der Waals surface area (Å²) in [5, 5.41) is 2.63. The highest BCUT2D eigenvalue weighted by atomic mass is 19.1. The number of carbonyl (C=O) groups excluding carboxylic acids is 1. The van der Waals surface area contributed by atoms with E-state index in [2.05, 4.69) is 31.1 Å². The summed E-state index contributed by atoms with van der Waals surface area (Å²) in [7, 11) is 1.57. The molecule has 6 heteroatoms. The van der Waals surface area contributed by atoms with Gasteiger partial charge in [0.2, 0.25) is 5.91 Å². The Morgan fingerprint density at radius 1 is 1.42 bits per heavy atom. The summed E-state index contributed by atoms with van der Waals surface area (Å²) >= 11 is 0. The first-order chi connectivity index (χ1) is 11.3. The lowest BCUT2D eigenvalue weighted by atomic mass is 9.62. The number of hydrogen-bond acceptors (Lipinski definition) is 4. The number of rotatable bonds is 7. The van der Waals surface area contributed by atoms with Gasteiger partial charge in [0.05, 0.1) is 18.1 Å². The molecule has 140 valence electrons. The largest absolute Gasteiger partial charge is 0.359 e. The van der Waals surface area contributed by atoms with Crippen LogP contribution in [-0.4, -0.2) is 37.5 Å². The van der Waals surface area contributed by atoms with Gasteiger partial charge in [-0.2, -0.15) is 0 Å². The molecule has 24 heavy (non-hydrogen) atoms. The molecule has 1 amide bonds. The summed E-state index contributed by atoms with van der Waals surface area (Å²) in [4.78, 5) is 16.7. The van der Waals surface area contributed by atoms with E-state index in [4.69, 9.17) is 11.5 Å². The van der Waals surface area contributed by atoms with Crippen LogP contribution < -0.4 is 16.8 Å². The lowest BCUT2D eigenvalue weighted by Gasteiger charge is -2.44. The van der Waals surface area contributed by atoms with Gasteiger partial charge in [-0.3, -0.25) is 9.79 Å². The van der Waals surface area contributed by atoms with Gasteiger partial charge < -0.3 is 16.8 Å². The third-order valence-electron chi connectivity index (χ3n) is 5.75. The number of halogens is 1. The average Bonchev–Trinajstić information content (AvgIpc) is 2.54. The maximum absolute atomic E-state index is 14.4. The molecule has 0 spiro atoms. The van der Waals surface area contributed by atoms with Gasteiger partial charge in [-0.25, -0.2) is 4.39 Å². The van der Waals surface area contributed by atoms with Crippen molar-refractivity contribution in [3.8, 4) is 0 Å². The number of alkyl halides is 1. The second kappa shape index (κ2) is 9.47. The van der Waals surface area contributed by atoms with E-state index in [9.17, 15) is 9.18 Å². The van der Waals surface area contributed by atoms with Crippen molar-refractivity contribution in [1.82, 2.24) is 5.32 Å². The van der Waals surface area contributed by atoms with Crippen molar-refractivity contribution < 1.29 is 9.18 Å². The number of amides is 1. The summed E-state index contributed by atoms with van der Waals surface area (Å²) < 4.78 is 14.4. The summed E-state index contributed by atoms with van der Waals surface area (Å²) in [6.45, 7) is 6.43. The van der Waals surface area contributed by atoms with Crippen LogP contribution >= 0.6 is 0 Å². The molecule has 5 atom stereocenters. The van der Waals surface area contributed by atoms with Crippen LogP contribution in [0.3, 0.4) is 0 Å². The standard InChI is InChI=1S/C18H35FN4O/c1-5-8-18(7-3)10-14(15(16(20)21)17(24)22-4)23-11-13(19)9-12(18)6-2/h11-16H,5-10,20-21H2,1-4H3,(H,22,24). The van der Waals surface area contributed by atoms with E-state index in [-0.39, 0.29) is 23.3 Å². The van der Waals surface area contributed by atoms with Crippen LogP contribution in [0.2, 0.25) is 0 Å². The quantitative estimate of drug-likeness (QED) is 0.620. The van der Waals surface area contributed by atoms with Gasteiger partial charge in [0, 0.05) is 13.3 Å². The lowest BCUT2D eigenvalue weighted by Crippen LogP contribution is -2.53. The van der Waals surface area contributed by atoms with Gasteiger partial charge in [-0.15, -0.1) is 0 Å². The van der Waals surface area contributed by atoms with E-state index in [1.165, 1.54) is 6.21 Å². The molecule has 5 unspecified atom stereocenters. The van der Waals surface area contributed by atoms with Crippen LogP contribution in [0.4, 0.5) is 4.39 Å². The lowest BCUT2D eigenvalue weighted by molar-refractivity contribution is -0.126. The Labute approximate surface area is 145 Å². The van der Waals surface area contributed by atoms with E-state index in [1.807, 2.05) is 0 Å². The van der Waals surface area contributed by atoms with Crippen molar-refractivity contribution in [1.29, 1.82) is 0 Å². The zero-order chi connectivity index (χ0) is 18.3. The van der Waals surface area contributed by atoms with E-state index in [0.29, 0.717) is 6.42 Å². The Bertz CT molecular complexity index is 429. The molecule has 0 aromatic heterocycles. The number of carbonyl (C=O) groups is 1. The van der Waals surface area contributed by atoms with Crippen molar-refractivity contribution in [3.63, 3.8) is 0 Å². The number of hydrogen-bond donors (Lipinski definition) is 3. The third-order valence-corrected chi connectivity index (χ3v) is 5.75. The Balaban J connectivity index is 3.29. The zero-order valence-corrected chi connectivity index (χ0v) is 15.6. The monoisotopic (exact) mass is 342 g/mol. The normalized spacial score (nSPS) is 32.2. The highest BCUT2D eigenvalue weighted by molar-refractivity contribution is 5.80. The molecule has 1 aliphatic rings. The van der Waals surface area contributed by atoms with Crippen molar-refractivity contribution in [2.24, 2.45) is 33.7 Å². The Kier molecular flexibility index (Phi) is 8.30. The van der Waals surface area contributed by atoms with Crippen molar-refractivity contribution >= 4 is 12.1 Å². The molecule has 0 saturated heterocycles. The van der Waals surface area contributed by atoms with Gasteiger partial charge in [0.25, 0.3) is 0 Å². The van der Waals surface area contributed by atoms with Gasteiger partial charge in [0.15, 0.2) is 0 Å². The molecule has 5 N–H and O–H groups in total. The van der Waals surface area contributed by atoms with Crippen molar-refractivity contribution in [2.45, 2.75) is 77.7 Å². The van der Waals surface area contributed by atoms with Crippen LogP contribution in [0.5, 0.6) is 0 Å². The van der Waals surface area contributed by atoms with Crippen LogP contribution in [0.1, 0.15) is 59.3 Å². The Hall–Kier alpha value is -1.01. The molecular weight excluding hydrogens is 307 g/mol. The van der Waals surface area contributed by atoms with E-state index < -0.39 is 18.3 Å². The summed E-state index contributed by atoms with van der Waals surface area (Å²) in [5.41, 5.74) is 11.7. The zero-order valence-electron chi connectivity index (χ0n) is 15.6. The highest BCUT2D eigenvalue weighted by Gasteiger charge is 2.43. The Morgan fingerprint density at radius 2 is 2.08 bits per heavy atom. The minimum atomic E-state index is -1.08. The molecule has 0 bridgehead atoms. The summed E-state index contributed by atoms with van der Waals surface area (Å²) in [5.74, 6) is -0.597. The van der Waals surface area contributed by atoms with Crippen LogP contribution in [-0.2, 0) is 4.79 Å². The fourth-order valence-electron chi connectivity index (χ4n) is 4.43. The number of nitrogens with zero attached hydrogens (tertiary/aromatic N) is 1. The van der Waals surface area contributed by atoms with Crippen molar-refractivity contribution in [3.05, 3.63) is 0 Å². The molecule has 1 aliphatic heterocycles. The topological polar surface area (TPSA) is 93.5 Å². The predicted molar refractivity (Wildman–Crippen MR) is 97.5 cm³/mol. The number of nitrogens with two attached hydrogens (primary N) is 2. The number of nitrogens with one attached hydrogen (secondary N) is 1. The minimum Gasteiger partial charge on any atom is -0.359 e. The first-order valence-electron chi connectivity index (χ1n) is 9.25. The molecular formula is C18H35FN4O. The van der Waals surface area contributed by atoms with E-state index >= 15 is 0 Å². The van der Waals surface area contributed by atoms with Gasteiger partial charge in [-0.05, 0) is 30.6 Å². The van der Waals surface area contributed by atoms with E-state index in [0.717, 1.165) is 32.1 Å². The third kappa shape index (κ3) is 4.76. The second-order valence-electron chi connectivity index (χ2n) is 7.11. The van der Waals surface area contributed by atoms with Gasteiger partial charge in [0.1, 0.15) is 6.17 Å². The molecule has 0 aromatic rings. The Morgan fingerprint density at radius 3 is 2.54 bits per heavy atom. The molecule has 0 radical (unpaired) electrons. The smallest absolute Gasteiger partial charge is 0.227 e. The first kappa shape index (κ1) is 21.0. The number of aliphatic imine (C=N–C) groups is 1. The molecule has 0 aliphatic carbocycles. The minimum absolute atomic E-state index is 0.0303. The SMILES string of the molecule is CCCC1(CC)CC(C(C(=O)NC)C(N)N)N=CC(F)CC1CC. The molecule has 1 heterocycles. The van der Waals surface area contributed by atoms with Crippen molar-refractivity contribution in [2.75, 3.05) is 7.05 Å². The highest BCUT2D eigenvalue weighted by Crippen LogP contribution is 2.47. The molecule has 1 rings (SSSR count). The molecule has 5 nitrogen and oxygen atoms in total. The summed E-state index contributed by atoms with van der Waals surface area (Å²) in [6.07, 6.45) is 4.57. The second-order valence-corrected chi connectivity index (χ2v) is 7.11. The van der Waals surface area contributed by atoms with Crippen LogP contribution in [0.15, 0.2) is 4.99 Å². The summed E-state index contributed by atoms with van der Waals surface area (Å²) in [6, 6.07) is -0.385. The first-order valence-corrected chi connectivity index (χ1v) is 9.25. The fraction of sp³-hybridized carbons (Fsp3) is 0.889. The average molecular weight is 343 g/mol. The van der Waals surface area contributed by atoms with Gasteiger partial charge >= 0.3 is 0 Å². The molecule has 0 fully saturated rings. The fourth-order valence-corrected chi connectivity index (χ4v) is 4.43. The molecule has 0 aromatic carbocycles. The van der Waals surface area contributed by atoms with Crippen LogP contribution in [0.25, 0.3) is 0 Å². The van der Waals surface area contributed by atoms with Gasteiger partial charge in [-0.1, -0.05) is 40.0 Å². The maximum atomic E-state index is 14.4.